The lowest BCUT2D eigenvalue weighted by Crippen LogP contribution is -2.82. The zero-order valence-corrected chi connectivity index (χ0v) is 48.7. The van der Waals surface area contributed by atoms with Gasteiger partial charge in [-0.2, -0.15) is 0 Å². The van der Waals surface area contributed by atoms with Crippen molar-refractivity contribution in [2.24, 2.45) is 22.7 Å². The van der Waals surface area contributed by atoms with Gasteiger partial charge in [0.25, 0.3) is 0 Å². The molecule has 82 heavy (non-hydrogen) atoms. The fourth-order valence-corrected chi connectivity index (χ4v) is 11.9. The molecule has 1 amide bonds. The first-order valence-corrected chi connectivity index (χ1v) is 27.9. The van der Waals surface area contributed by atoms with Crippen molar-refractivity contribution in [2.45, 2.75) is 181 Å². The fraction of sp³-hybridized carbons (Fsp3) is 0.565. The SMILES string of the molecule is CCCCOCOC(C(=O)O[C@H]1C[C@@]2(O)[C@@H](OC(=O)c3ccccc3)[C@@H]3[C@]4(OC(C)=O)CO[C@@H]4C[C@H](OC(=O)OCc4ccccc4)[C@@]3(C)C(=O)[C@H](OC(=O)OCc3ccccc3)C(=C1C)C2(C)C)[C@H](CC(C)C)NC(=O)OC(C)(C)C. The number of fused-ring (bicyclic) bond motifs is 5. The van der Waals surface area contributed by atoms with Gasteiger partial charge in [-0.25, -0.2) is 24.0 Å². The van der Waals surface area contributed by atoms with Gasteiger partial charge >= 0.3 is 36.3 Å². The number of carbonyl (C=O) groups excluding carboxylic acids is 7. The molecule has 3 aromatic rings. The van der Waals surface area contributed by atoms with Gasteiger partial charge in [0.15, 0.2) is 23.6 Å². The predicted molar refractivity (Wildman–Crippen MR) is 293 cm³/mol. The third-order valence-corrected chi connectivity index (χ3v) is 16.0. The van der Waals surface area contributed by atoms with E-state index in [1.165, 1.54) is 19.1 Å². The summed E-state index contributed by atoms with van der Waals surface area (Å²) in [5.74, 6) is -5.68. The van der Waals surface area contributed by atoms with Crippen LogP contribution in [-0.2, 0) is 79.7 Å². The van der Waals surface area contributed by atoms with Crippen LogP contribution in [0.2, 0.25) is 0 Å². The molecule has 2 N–H and O–H groups in total. The fourth-order valence-electron chi connectivity index (χ4n) is 11.9. The Bertz CT molecular complexity index is 2780. The van der Waals surface area contributed by atoms with E-state index in [1.807, 2.05) is 20.8 Å². The summed E-state index contributed by atoms with van der Waals surface area (Å²) in [5, 5.41) is 17.2. The zero-order valence-electron chi connectivity index (χ0n) is 48.7. The topological polar surface area (TPSA) is 253 Å². The normalized spacial score (nSPS) is 27.1. The maximum absolute atomic E-state index is 16.7. The summed E-state index contributed by atoms with van der Waals surface area (Å²) in [6.45, 7) is 17.0. The average Bonchev–Trinajstić information content (AvgIpc) is 1.14. The van der Waals surface area contributed by atoms with Gasteiger partial charge in [-0.1, -0.05) is 120 Å². The summed E-state index contributed by atoms with van der Waals surface area (Å²) in [6.07, 6.45) is -12.6. The number of nitrogens with one attached hydrogen (secondary N) is 1. The number of rotatable bonds is 21. The van der Waals surface area contributed by atoms with E-state index in [0.29, 0.717) is 17.5 Å². The number of amides is 1. The van der Waals surface area contributed by atoms with Crippen molar-refractivity contribution in [3.8, 4) is 0 Å². The van der Waals surface area contributed by atoms with Gasteiger partial charge in [-0.15, -0.1) is 0 Å². The predicted octanol–water partition coefficient (Wildman–Crippen LogP) is 9.45. The Morgan fingerprint density at radius 3 is 1.94 bits per heavy atom. The Balaban J connectivity index is 1.44. The molecule has 3 aromatic carbocycles. The quantitative estimate of drug-likeness (QED) is 0.0331. The molecule has 7 rings (SSSR count). The monoisotopic (exact) mass is 1140 g/mol. The number of hydrogen-bond donors (Lipinski definition) is 2. The lowest BCUT2D eigenvalue weighted by atomic mass is 9.44. The van der Waals surface area contributed by atoms with Gasteiger partial charge in [0.1, 0.15) is 55.6 Å². The highest BCUT2D eigenvalue weighted by molar-refractivity contribution is 5.95. The summed E-state index contributed by atoms with van der Waals surface area (Å²) in [5.41, 5.74) is -8.23. The van der Waals surface area contributed by atoms with E-state index in [-0.39, 0.29) is 55.3 Å². The molecule has 20 nitrogen and oxygen atoms in total. The van der Waals surface area contributed by atoms with Crippen LogP contribution in [0.1, 0.15) is 130 Å². The molecule has 2 saturated carbocycles. The molecule has 1 unspecified atom stereocenters. The Morgan fingerprint density at radius 1 is 0.817 bits per heavy atom. The second-order valence-corrected chi connectivity index (χ2v) is 23.7. The summed E-state index contributed by atoms with van der Waals surface area (Å²) in [4.78, 5) is 102. The van der Waals surface area contributed by atoms with E-state index >= 15 is 9.59 Å². The molecule has 446 valence electrons. The second kappa shape index (κ2) is 26.1. The number of alkyl carbamates (subject to hydrolysis) is 1. The minimum Gasteiger partial charge on any atom is -0.456 e. The maximum Gasteiger partial charge on any atom is 0.509 e. The number of ether oxygens (including phenoxy) is 11. The number of unbranched alkanes of at least 4 members (excludes halogenated alkanes) is 1. The van der Waals surface area contributed by atoms with Crippen molar-refractivity contribution in [1.82, 2.24) is 5.32 Å². The van der Waals surface area contributed by atoms with E-state index in [9.17, 15) is 29.1 Å². The molecule has 0 aromatic heterocycles. The Hall–Kier alpha value is -6.87. The third-order valence-electron chi connectivity index (χ3n) is 16.0. The van der Waals surface area contributed by atoms with Crippen LogP contribution in [0.4, 0.5) is 14.4 Å². The molecular formula is C62H79NO19. The van der Waals surface area contributed by atoms with Crippen molar-refractivity contribution in [2.75, 3.05) is 20.0 Å². The number of benzene rings is 3. The average molecular weight is 1140 g/mol. The zero-order chi connectivity index (χ0) is 59.8. The van der Waals surface area contributed by atoms with Crippen LogP contribution >= 0.6 is 0 Å². The molecular weight excluding hydrogens is 1060 g/mol. The smallest absolute Gasteiger partial charge is 0.456 e. The van der Waals surface area contributed by atoms with Crippen molar-refractivity contribution in [3.63, 3.8) is 0 Å². The first-order chi connectivity index (χ1) is 38.7. The largest absolute Gasteiger partial charge is 0.509 e. The molecule has 0 spiro atoms. The van der Waals surface area contributed by atoms with E-state index in [4.69, 9.17) is 52.1 Å². The van der Waals surface area contributed by atoms with Gasteiger partial charge in [-0.3, -0.25) is 9.59 Å². The Morgan fingerprint density at radius 2 is 1.40 bits per heavy atom. The first-order valence-electron chi connectivity index (χ1n) is 27.9. The van der Waals surface area contributed by atoms with E-state index in [2.05, 4.69) is 5.32 Å². The molecule has 3 fully saturated rings. The van der Waals surface area contributed by atoms with E-state index in [1.54, 1.807) is 120 Å². The minimum atomic E-state index is -2.53. The highest BCUT2D eigenvalue weighted by Crippen LogP contribution is 2.65. The van der Waals surface area contributed by atoms with Crippen LogP contribution in [0, 0.1) is 22.7 Å². The molecule has 1 saturated heterocycles. The van der Waals surface area contributed by atoms with Gasteiger partial charge in [-0.05, 0) is 87.8 Å². The van der Waals surface area contributed by atoms with Gasteiger partial charge < -0.3 is 62.5 Å². The standard InChI is InChI=1S/C62H79NO19/c1-12-13-29-72-36-76-48(43(30-37(2)3)63-55(68)82-58(6,7)8)54(67)77-44-32-62(71)52(80-53(66)42-27-21-16-22-28-42)50-60(11,51(65)49(47(38(44)4)59(62,9)10)79-57(70)74-34-41-25-19-15-20-26-41)45(31-46-61(50,35-75-46)81-39(5)64)78-56(69)73-33-40-23-17-14-18-24-40/h14-28,37,43-46,48-50,52,71H,12-13,29-36H2,1-11H3,(H,63,68)/t43-,44-,45-,46+,48?,49+,50-,52-,60+,61-,62+/m0/s1. The first kappa shape index (κ1) is 62.7. The van der Waals surface area contributed by atoms with Crippen LogP contribution in [-0.4, -0.2) is 127 Å². The third kappa shape index (κ3) is 13.8. The Kier molecular flexibility index (Phi) is 20.0. The summed E-state index contributed by atoms with van der Waals surface area (Å²) < 4.78 is 67.0. The lowest BCUT2D eigenvalue weighted by Gasteiger charge is -2.67. The number of aliphatic hydroxyl groups is 1. The molecule has 1 heterocycles. The van der Waals surface area contributed by atoms with Crippen LogP contribution in [0.5, 0.6) is 0 Å². The summed E-state index contributed by atoms with van der Waals surface area (Å²) in [7, 11) is 0. The van der Waals surface area contributed by atoms with E-state index in [0.717, 1.165) is 13.3 Å². The highest BCUT2D eigenvalue weighted by Gasteiger charge is 2.79. The van der Waals surface area contributed by atoms with Crippen molar-refractivity contribution in [3.05, 3.63) is 119 Å². The molecule has 2 bridgehead atoms. The van der Waals surface area contributed by atoms with Gasteiger partial charge in [0.05, 0.1) is 29.5 Å². The van der Waals surface area contributed by atoms with Crippen LogP contribution in [0.3, 0.4) is 0 Å². The number of esters is 3. The van der Waals surface area contributed by atoms with Crippen molar-refractivity contribution < 1.29 is 90.8 Å². The molecule has 20 heteroatoms. The van der Waals surface area contributed by atoms with Crippen molar-refractivity contribution >= 4 is 42.1 Å². The lowest BCUT2D eigenvalue weighted by molar-refractivity contribution is -0.346. The number of Topliss-reactive ketones (excluding diaryl/α,β-unsaturated/α-hetero) is 1. The maximum atomic E-state index is 16.7. The Labute approximate surface area is 479 Å². The summed E-state index contributed by atoms with van der Waals surface area (Å²) >= 11 is 0. The summed E-state index contributed by atoms with van der Waals surface area (Å²) in [6, 6.07) is 24.2. The molecule has 1 aliphatic heterocycles. The second-order valence-electron chi connectivity index (χ2n) is 23.7. The molecule has 0 radical (unpaired) electrons. The van der Waals surface area contributed by atoms with Crippen LogP contribution in [0.25, 0.3) is 0 Å². The molecule has 3 aliphatic carbocycles. The van der Waals surface area contributed by atoms with Crippen LogP contribution in [0.15, 0.2) is 102 Å². The number of hydrogen-bond acceptors (Lipinski definition) is 19. The van der Waals surface area contributed by atoms with Gasteiger partial charge in [0.2, 0.25) is 0 Å². The number of ketones is 1. The highest BCUT2D eigenvalue weighted by atomic mass is 16.7. The van der Waals surface area contributed by atoms with Crippen LogP contribution < -0.4 is 5.32 Å². The molecule has 11 atom stereocenters. The van der Waals surface area contributed by atoms with E-state index < -0.39 is 138 Å². The van der Waals surface area contributed by atoms with Gasteiger partial charge in [0, 0.05) is 31.8 Å². The molecule has 4 aliphatic rings. The minimum absolute atomic E-state index is 0.0259. The van der Waals surface area contributed by atoms with Crippen molar-refractivity contribution in [1.29, 1.82) is 0 Å². The number of carbonyl (C=O) groups is 7.